The third-order valence-electron chi connectivity index (χ3n) is 7.67. The van der Waals surface area contributed by atoms with Crippen molar-refractivity contribution in [2.24, 2.45) is 5.41 Å². The lowest BCUT2D eigenvalue weighted by molar-refractivity contribution is -0.139. The van der Waals surface area contributed by atoms with E-state index in [4.69, 9.17) is 32.7 Å². The first-order chi connectivity index (χ1) is 19.4. The highest BCUT2D eigenvalue weighted by Gasteiger charge is 2.67. The van der Waals surface area contributed by atoms with Gasteiger partial charge in [0, 0.05) is 28.2 Å². The van der Waals surface area contributed by atoms with Crippen LogP contribution in [0, 0.1) is 11.2 Å². The number of esters is 2. The van der Waals surface area contributed by atoms with E-state index in [-0.39, 0.29) is 21.8 Å². The summed E-state index contributed by atoms with van der Waals surface area (Å²) in [5, 5.41) is 6.50. The Bertz CT molecular complexity index is 1540. The van der Waals surface area contributed by atoms with Crippen molar-refractivity contribution in [2.45, 2.75) is 50.6 Å². The predicted molar refractivity (Wildman–Crippen MR) is 154 cm³/mol. The summed E-state index contributed by atoms with van der Waals surface area (Å²) < 4.78 is 26.4. The molecule has 5 rings (SSSR count). The monoisotopic (exact) mass is 598 g/mol. The minimum Gasteiger partial charge on any atom is -0.465 e. The van der Waals surface area contributed by atoms with Gasteiger partial charge in [-0.3, -0.25) is 9.59 Å². The van der Waals surface area contributed by atoms with Gasteiger partial charge in [0.2, 0.25) is 5.91 Å². The van der Waals surface area contributed by atoms with Crippen molar-refractivity contribution in [1.82, 2.24) is 5.32 Å². The zero-order valence-corrected chi connectivity index (χ0v) is 24.4. The average molecular weight is 599 g/mol. The number of hydrogen-bond acceptors (Lipinski definition) is 6. The number of carbonyl (C=O) groups excluding carboxylic acids is 3. The van der Waals surface area contributed by atoms with Crippen LogP contribution in [0.25, 0.3) is 0 Å². The molecule has 1 fully saturated rings. The number of rotatable bonds is 5. The molecule has 0 aliphatic carbocycles. The van der Waals surface area contributed by atoms with E-state index in [1.54, 1.807) is 42.5 Å². The molecule has 4 atom stereocenters. The Balaban J connectivity index is 1.66. The summed E-state index contributed by atoms with van der Waals surface area (Å²) in [5.74, 6) is -3.08. The van der Waals surface area contributed by atoms with Crippen LogP contribution in [-0.4, -0.2) is 37.0 Å². The van der Waals surface area contributed by atoms with Gasteiger partial charge in [-0.15, -0.1) is 0 Å². The van der Waals surface area contributed by atoms with Gasteiger partial charge in [0.25, 0.3) is 0 Å². The fourth-order valence-corrected chi connectivity index (χ4v) is 6.38. The number of carbonyl (C=O) groups is 3. The van der Waals surface area contributed by atoms with Crippen LogP contribution in [0.3, 0.4) is 0 Å². The molecule has 0 radical (unpaired) electrons. The van der Waals surface area contributed by atoms with Crippen LogP contribution >= 0.6 is 23.2 Å². The molecule has 214 valence electrons. The fraction of sp³-hybridized carbons (Fsp3) is 0.323. The highest BCUT2D eigenvalue weighted by molar-refractivity contribution is 6.31. The zero-order valence-electron chi connectivity index (χ0n) is 22.9. The van der Waals surface area contributed by atoms with Gasteiger partial charge < -0.3 is 20.1 Å². The van der Waals surface area contributed by atoms with Crippen LogP contribution in [0.4, 0.5) is 10.1 Å². The number of amides is 1. The molecule has 0 bridgehead atoms. The third kappa shape index (κ3) is 5.09. The van der Waals surface area contributed by atoms with Gasteiger partial charge in [-0.2, -0.15) is 0 Å². The van der Waals surface area contributed by atoms with Gasteiger partial charge in [-0.1, -0.05) is 62.2 Å². The molecule has 2 aliphatic rings. The summed E-state index contributed by atoms with van der Waals surface area (Å²) in [7, 11) is 1.28. The van der Waals surface area contributed by atoms with Crippen LogP contribution in [0.2, 0.25) is 10.0 Å². The minimum absolute atomic E-state index is 0.113. The quantitative estimate of drug-likeness (QED) is 0.265. The second kappa shape index (κ2) is 10.7. The second-order valence-corrected chi connectivity index (χ2v) is 12.4. The van der Waals surface area contributed by atoms with Crippen molar-refractivity contribution in [3.63, 3.8) is 0 Å². The summed E-state index contributed by atoms with van der Waals surface area (Å²) in [4.78, 5) is 39.9. The molecule has 2 heterocycles. The van der Waals surface area contributed by atoms with Crippen molar-refractivity contribution in [2.75, 3.05) is 12.4 Å². The SMILES string of the molecule is COC(=O)c1ccc(NC(=O)[C@@H]2N[C@@H](CC(C)(C)C)[C@@]3(C(=O)Oc4cc(Cl)ccc43)C2c2cccc(Cl)c2F)cc1. The summed E-state index contributed by atoms with van der Waals surface area (Å²) in [6, 6.07) is 14.0. The van der Waals surface area contributed by atoms with Gasteiger partial charge in [0.1, 0.15) is 17.0 Å². The molecule has 41 heavy (non-hydrogen) atoms. The smallest absolute Gasteiger partial charge is 0.337 e. The number of nitrogens with one attached hydrogen (secondary N) is 2. The van der Waals surface area contributed by atoms with Crippen LogP contribution in [-0.2, 0) is 19.7 Å². The van der Waals surface area contributed by atoms with E-state index in [0.717, 1.165) is 0 Å². The van der Waals surface area contributed by atoms with Gasteiger partial charge in [-0.05, 0) is 59.9 Å². The average Bonchev–Trinajstić information content (AvgIpc) is 3.39. The van der Waals surface area contributed by atoms with E-state index >= 15 is 4.39 Å². The number of benzene rings is 3. The normalized spacial score (nSPS) is 23.3. The molecule has 0 aromatic heterocycles. The zero-order chi connectivity index (χ0) is 29.7. The van der Waals surface area contributed by atoms with Crippen LogP contribution < -0.4 is 15.4 Å². The molecule has 1 saturated heterocycles. The molecule has 1 amide bonds. The Morgan fingerprint density at radius 1 is 1.10 bits per heavy atom. The van der Waals surface area contributed by atoms with Crippen LogP contribution in [0.1, 0.15) is 54.6 Å². The van der Waals surface area contributed by atoms with Crippen molar-refractivity contribution in [3.8, 4) is 5.75 Å². The van der Waals surface area contributed by atoms with Gasteiger partial charge in [0.15, 0.2) is 0 Å². The fourth-order valence-electron chi connectivity index (χ4n) is 6.04. The number of ether oxygens (including phenoxy) is 2. The summed E-state index contributed by atoms with van der Waals surface area (Å²) in [6.07, 6.45) is 0.459. The number of methoxy groups -OCH3 is 1. The Morgan fingerprint density at radius 2 is 1.80 bits per heavy atom. The van der Waals surface area contributed by atoms with Crippen molar-refractivity contribution in [3.05, 3.63) is 93.2 Å². The third-order valence-corrected chi connectivity index (χ3v) is 8.20. The Kier molecular flexibility index (Phi) is 7.61. The topological polar surface area (TPSA) is 93.7 Å². The van der Waals surface area contributed by atoms with E-state index in [2.05, 4.69) is 10.6 Å². The maximum absolute atomic E-state index is 15.8. The Hall–Kier alpha value is -3.46. The lowest BCUT2D eigenvalue weighted by Crippen LogP contribution is -2.49. The molecule has 2 aliphatic heterocycles. The number of halogens is 3. The maximum atomic E-state index is 15.8. The first kappa shape index (κ1) is 29.0. The van der Waals surface area contributed by atoms with Crippen LogP contribution in [0.15, 0.2) is 60.7 Å². The molecule has 7 nitrogen and oxygen atoms in total. The molecule has 1 unspecified atom stereocenters. The molecular weight excluding hydrogens is 570 g/mol. The van der Waals surface area contributed by atoms with E-state index in [1.807, 2.05) is 20.8 Å². The summed E-state index contributed by atoms with van der Waals surface area (Å²) in [5.41, 5.74) is -0.388. The van der Waals surface area contributed by atoms with Crippen molar-refractivity contribution >= 4 is 46.7 Å². The number of fused-ring (bicyclic) bond motifs is 2. The molecule has 1 spiro atoms. The number of anilines is 1. The van der Waals surface area contributed by atoms with Crippen molar-refractivity contribution in [1.29, 1.82) is 0 Å². The highest BCUT2D eigenvalue weighted by atomic mass is 35.5. The van der Waals surface area contributed by atoms with E-state index in [1.165, 1.54) is 25.3 Å². The van der Waals surface area contributed by atoms with Crippen LogP contribution in [0.5, 0.6) is 5.75 Å². The van der Waals surface area contributed by atoms with Gasteiger partial charge in [-0.25, -0.2) is 9.18 Å². The molecule has 3 aromatic carbocycles. The van der Waals surface area contributed by atoms with Gasteiger partial charge in [0.05, 0.1) is 23.7 Å². The molecule has 10 heteroatoms. The summed E-state index contributed by atoms with van der Waals surface area (Å²) >= 11 is 12.5. The lowest BCUT2D eigenvalue weighted by Gasteiger charge is -2.36. The molecule has 2 N–H and O–H groups in total. The summed E-state index contributed by atoms with van der Waals surface area (Å²) in [6.45, 7) is 6.07. The first-order valence-electron chi connectivity index (χ1n) is 13.1. The molecule has 0 saturated carbocycles. The molecule has 3 aromatic rings. The first-order valence-corrected chi connectivity index (χ1v) is 13.8. The van der Waals surface area contributed by atoms with Crippen molar-refractivity contribution < 1.29 is 28.2 Å². The number of hydrogen-bond donors (Lipinski definition) is 2. The second-order valence-electron chi connectivity index (χ2n) is 11.5. The van der Waals surface area contributed by atoms with E-state index in [9.17, 15) is 14.4 Å². The van der Waals surface area contributed by atoms with E-state index < -0.39 is 47.1 Å². The predicted octanol–water partition coefficient (Wildman–Crippen LogP) is 6.28. The van der Waals surface area contributed by atoms with E-state index in [0.29, 0.717) is 28.3 Å². The largest absolute Gasteiger partial charge is 0.465 e. The molecular formula is C31H29Cl2FN2O5. The van der Waals surface area contributed by atoms with Gasteiger partial charge >= 0.3 is 11.9 Å². The Morgan fingerprint density at radius 3 is 2.46 bits per heavy atom. The standard InChI is InChI=1S/C31H29Cl2FN2O5/c1-30(2,3)15-23-31(20-13-10-17(32)14-22(20)41-29(31)39)24(19-6-5-7-21(33)25(19)34)26(36-23)27(37)35-18-11-8-16(9-12-18)28(38)40-4/h5-14,23-24,26,36H,15H2,1-4H3,(H,35,37)/t23-,24?,26+,31+/m0/s1. The lowest BCUT2D eigenvalue weighted by atomic mass is 9.62. The maximum Gasteiger partial charge on any atom is 0.337 e. The Labute approximate surface area is 247 Å². The highest BCUT2D eigenvalue weighted by Crippen LogP contribution is 2.58. The minimum atomic E-state index is -1.46.